The van der Waals surface area contributed by atoms with Gasteiger partial charge in [-0.05, 0) is 44.9 Å². The number of hydrogen-bond acceptors (Lipinski definition) is 3. The number of hydrogen-bond donors (Lipinski definition) is 0. The number of halogens is 3. The molecule has 0 amide bonds. The van der Waals surface area contributed by atoms with E-state index in [0.717, 1.165) is 36.2 Å². The monoisotopic (exact) mass is 355 g/mol. The van der Waals surface area contributed by atoms with Crippen LogP contribution in [-0.4, -0.2) is 22.1 Å². The first kappa shape index (κ1) is 20.7. The molecule has 2 aromatic rings. The van der Waals surface area contributed by atoms with Crippen molar-refractivity contribution in [1.82, 2.24) is 15.0 Å². The van der Waals surface area contributed by atoms with Gasteiger partial charge in [0, 0.05) is 0 Å². The van der Waals surface area contributed by atoms with Crippen molar-refractivity contribution in [2.75, 3.05) is 7.11 Å². The highest BCUT2D eigenvalue weighted by molar-refractivity contribution is 5.75. The first-order valence-electron chi connectivity index (χ1n) is 8.03. The van der Waals surface area contributed by atoms with E-state index >= 15 is 0 Å². The zero-order valence-electron chi connectivity index (χ0n) is 15.2. The third-order valence-electron chi connectivity index (χ3n) is 3.62. The molecule has 0 atom stereocenters. The second-order valence-electron chi connectivity index (χ2n) is 5.43. The zero-order valence-corrected chi connectivity index (χ0v) is 15.2. The summed E-state index contributed by atoms with van der Waals surface area (Å²) in [6.45, 7) is 7.87. The molecule has 0 fully saturated rings. The Balaban J connectivity index is 0.000000450. The molecule has 7 heteroatoms. The van der Waals surface area contributed by atoms with Crippen LogP contribution in [0.15, 0.2) is 36.1 Å². The van der Waals surface area contributed by atoms with Gasteiger partial charge >= 0.3 is 6.18 Å². The van der Waals surface area contributed by atoms with Crippen molar-refractivity contribution >= 4 is 16.7 Å². The molecule has 0 aliphatic heterocycles. The zero-order chi connectivity index (χ0) is 19.0. The third kappa shape index (κ3) is 5.92. The number of benzene rings is 1. The Morgan fingerprint density at radius 3 is 2.28 bits per heavy atom. The maximum Gasteiger partial charge on any atom is 0.416 e. The normalized spacial score (nSPS) is 12.8. The molecule has 1 aromatic heterocycles. The van der Waals surface area contributed by atoms with Gasteiger partial charge in [0.2, 0.25) is 0 Å². The van der Waals surface area contributed by atoms with E-state index in [-0.39, 0.29) is 5.52 Å². The van der Waals surface area contributed by atoms with E-state index in [1.165, 1.54) is 10.9 Å². The highest BCUT2D eigenvalue weighted by Crippen LogP contribution is 2.30. The van der Waals surface area contributed by atoms with Gasteiger partial charge in [0.1, 0.15) is 11.0 Å². The first-order chi connectivity index (χ1) is 11.7. The predicted octanol–water partition coefficient (Wildman–Crippen LogP) is 5.67. The van der Waals surface area contributed by atoms with Gasteiger partial charge in [-0.2, -0.15) is 18.0 Å². The van der Waals surface area contributed by atoms with Crippen molar-refractivity contribution in [2.24, 2.45) is 0 Å². The summed E-state index contributed by atoms with van der Waals surface area (Å²) in [7, 11) is 1.64. The molecule has 0 aliphatic carbocycles. The molecule has 0 radical (unpaired) electrons. The number of alkyl halides is 3. The molecule has 0 aliphatic rings. The van der Waals surface area contributed by atoms with Gasteiger partial charge in [-0.3, -0.25) is 0 Å². The highest BCUT2D eigenvalue weighted by Gasteiger charge is 2.30. The summed E-state index contributed by atoms with van der Waals surface area (Å²) in [5, 5.41) is 8.29. The van der Waals surface area contributed by atoms with Gasteiger partial charge in [0.25, 0.3) is 0 Å². The van der Waals surface area contributed by atoms with Crippen LogP contribution in [0.25, 0.3) is 16.7 Å². The molecule has 0 N–H and O–H groups in total. The summed E-state index contributed by atoms with van der Waals surface area (Å²) >= 11 is 0. The summed E-state index contributed by atoms with van der Waals surface area (Å²) in [4.78, 5) is 1.39. The maximum absolute atomic E-state index is 12.6. The van der Waals surface area contributed by atoms with Crippen LogP contribution in [0.2, 0.25) is 0 Å². The van der Waals surface area contributed by atoms with Crippen LogP contribution < -0.4 is 0 Å². The molecule has 25 heavy (non-hydrogen) atoms. The molecule has 0 bridgehead atoms. The molecular formula is C18H24F3N3O. The molecule has 138 valence electrons. The number of allylic oxidation sites excluding steroid dienone is 3. The van der Waals surface area contributed by atoms with E-state index in [1.54, 1.807) is 13.4 Å². The molecule has 0 spiro atoms. The lowest BCUT2D eigenvalue weighted by molar-refractivity contribution is -0.137. The van der Waals surface area contributed by atoms with Crippen LogP contribution in [0, 0.1) is 0 Å². The standard InChI is InChI=1S/C13H14F3N3.C5H10O/c1-4-8(2)9(3)19-17-11-6-5-10(13(14,15)16)7-12(11)18-19;1-3-4-5-6-2/h5-7H,4H2,1-3H3;4-5H,3H2,1-2H3/b9-8+;5-4+. The topological polar surface area (TPSA) is 39.9 Å². The first-order valence-corrected chi connectivity index (χ1v) is 8.03. The van der Waals surface area contributed by atoms with Crippen molar-refractivity contribution in [1.29, 1.82) is 0 Å². The van der Waals surface area contributed by atoms with Crippen molar-refractivity contribution in [2.45, 2.75) is 46.7 Å². The number of rotatable bonds is 4. The SMILES string of the molecule is CC/C(C)=C(\C)n1nc2ccc(C(F)(F)F)cc2n1.CC/C=C/OC. The fraction of sp³-hybridized carbons (Fsp3) is 0.444. The van der Waals surface area contributed by atoms with Crippen molar-refractivity contribution in [3.05, 3.63) is 41.7 Å². The molecule has 0 saturated heterocycles. The lowest BCUT2D eigenvalue weighted by Crippen LogP contribution is -2.04. The van der Waals surface area contributed by atoms with E-state index < -0.39 is 11.7 Å². The number of ether oxygens (including phenoxy) is 1. The number of fused-ring (bicyclic) bond motifs is 1. The quantitative estimate of drug-likeness (QED) is 0.664. The van der Waals surface area contributed by atoms with Gasteiger partial charge in [-0.25, -0.2) is 0 Å². The largest absolute Gasteiger partial charge is 0.505 e. The minimum absolute atomic E-state index is 0.248. The van der Waals surface area contributed by atoms with Crippen LogP contribution >= 0.6 is 0 Å². The Kier molecular flexibility index (Phi) is 7.67. The van der Waals surface area contributed by atoms with Gasteiger partial charge in [0.05, 0.1) is 24.6 Å². The fourth-order valence-electron chi connectivity index (χ4n) is 1.86. The maximum atomic E-state index is 12.6. The van der Waals surface area contributed by atoms with Crippen LogP contribution in [0.5, 0.6) is 0 Å². The van der Waals surface area contributed by atoms with E-state index in [4.69, 9.17) is 0 Å². The van der Waals surface area contributed by atoms with Crippen LogP contribution in [0.3, 0.4) is 0 Å². The van der Waals surface area contributed by atoms with Gasteiger partial charge in [0.15, 0.2) is 0 Å². The predicted molar refractivity (Wildman–Crippen MR) is 93.8 cm³/mol. The number of methoxy groups -OCH3 is 1. The Hall–Kier alpha value is -2.31. The third-order valence-corrected chi connectivity index (χ3v) is 3.62. The Morgan fingerprint density at radius 2 is 1.80 bits per heavy atom. The van der Waals surface area contributed by atoms with Crippen molar-refractivity contribution < 1.29 is 17.9 Å². The summed E-state index contributed by atoms with van der Waals surface area (Å²) < 4.78 is 42.4. The lowest BCUT2D eigenvalue weighted by Gasteiger charge is -2.04. The lowest BCUT2D eigenvalue weighted by atomic mass is 10.2. The molecule has 4 nitrogen and oxygen atoms in total. The Morgan fingerprint density at radius 1 is 1.16 bits per heavy atom. The summed E-state index contributed by atoms with van der Waals surface area (Å²) in [5.74, 6) is 0. The second kappa shape index (κ2) is 9.25. The van der Waals surface area contributed by atoms with Crippen LogP contribution in [-0.2, 0) is 10.9 Å². The van der Waals surface area contributed by atoms with Crippen LogP contribution in [0.1, 0.15) is 46.1 Å². The van der Waals surface area contributed by atoms with Crippen molar-refractivity contribution in [3.8, 4) is 0 Å². The number of aromatic nitrogens is 3. The average Bonchev–Trinajstić information content (AvgIpc) is 3.01. The molecule has 1 aromatic carbocycles. The van der Waals surface area contributed by atoms with E-state index in [0.29, 0.717) is 5.52 Å². The summed E-state index contributed by atoms with van der Waals surface area (Å²) in [5.41, 5.74) is 1.93. The van der Waals surface area contributed by atoms with Crippen molar-refractivity contribution in [3.63, 3.8) is 0 Å². The minimum atomic E-state index is -4.36. The average molecular weight is 355 g/mol. The van der Waals surface area contributed by atoms with E-state index in [9.17, 15) is 13.2 Å². The summed E-state index contributed by atoms with van der Waals surface area (Å²) in [6.07, 6.45) is 1.17. The Labute approximate surface area is 146 Å². The summed E-state index contributed by atoms with van der Waals surface area (Å²) in [6, 6.07) is 3.39. The smallest absolute Gasteiger partial charge is 0.416 e. The second-order valence-corrected chi connectivity index (χ2v) is 5.43. The molecule has 0 unspecified atom stereocenters. The minimum Gasteiger partial charge on any atom is -0.505 e. The number of nitrogens with zero attached hydrogens (tertiary/aromatic N) is 3. The molecular weight excluding hydrogens is 331 g/mol. The van der Waals surface area contributed by atoms with E-state index in [1.807, 2.05) is 26.8 Å². The molecule has 2 rings (SSSR count). The van der Waals surface area contributed by atoms with Gasteiger partial charge in [-0.15, -0.1) is 10.2 Å². The van der Waals surface area contributed by atoms with Gasteiger partial charge in [-0.1, -0.05) is 25.5 Å². The highest BCUT2D eigenvalue weighted by atomic mass is 19.4. The van der Waals surface area contributed by atoms with Gasteiger partial charge < -0.3 is 4.74 Å². The Bertz CT molecular complexity index is 740. The molecule has 0 saturated carbocycles. The van der Waals surface area contributed by atoms with Crippen LogP contribution in [0.4, 0.5) is 13.2 Å². The fourth-order valence-corrected chi connectivity index (χ4v) is 1.86. The molecule has 1 heterocycles. The van der Waals surface area contributed by atoms with E-state index in [2.05, 4.69) is 21.9 Å².